The molecule has 3 rings (SSSR count). The van der Waals surface area contributed by atoms with E-state index in [1.165, 1.54) is 11.6 Å². The summed E-state index contributed by atoms with van der Waals surface area (Å²) in [7, 11) is 0. The van der Waals surface area contributed by atoms with Gasteiger partial charge in [0, 0.05) is 37.4 Å². The molecule has 2 aromatic carbocycles. The molecule has 0 aromatic heterocycles. The molecule has 0 saturated carbocycles. The molecular formula is C19H21N3O4. The van der Waals surface area contributed by atoms with E-state index in [0.717, 1.165) is 24.8 Å². The number of carboxylic acids is 1. The van der Waals surface area contributed by atoms with Crippen molar-refractivity contribution in [2.75, 3.05) is 29.4 Å². The fourth-order valence-corrected chi connectivity index (χ4v) is 3.35. The molecule has 0 spiro atoms. The zero-order chi connectivity index (χ0) is 18.8. The third kappa shape index (κ3) is 3.46. The highest BCUT2D eigenvalue weighted by Gasteiger charge is 2.29. The molecule has 7 heteroatoms. The van der Waals surface area contributed by atoms with Gasteiger partial charge in [-0.25, -0.2) is 4.79 Å². The first-order valence-electron chi connectivity index (χ1n) is 8.47. The first-order chi connectivity index (χ1) is 12.4. The molecule has 0 amide bonds. The summed E-state index contributed by atoms with van der Waals surface area (Å²) in [6.45, 7) is 6.17. The minimum Gasteiger partial charge on any atom is -0.478 e. The summed E-state index contributed by atoms with van der Waals surface area (Å²) in [5.74, 6) is -1.17. The summed E-state index contributed by atoms with van der Waals surface area (Å²) in [5, 5.41) is 20.5. The van der Waals surface area contributed by atoms with E-state index >= 15 is 0 Å². The second-order valence-corrected chi connectivity index (χ2v) is 6.59. The molecule has 7 nitrogen and oxygen atoms in total. The average Bonchev–Trinajstić information content (AvgIpc) is 2.61. The Hall–Kier alpha value is -3.09. The van der Waals surface area contributed by atoms with Gasteiger partial charge in [-0.1, -0.05) is 17.7 Å². The molecule has 1 saturated heterocycles. The molecule has 0 aliphatic carbocycles. The van der Waals surface area contributed by atoms with Crippen molar-refractivity contribution in [1.82, 2.24) is 0 Å². The Kier molecular flexibility index (Phi) is 4.79. The number of carbonyl (C=O) groups is 1. The summed E-state index contributed by atoms with van der Waals surface area (Å²) < 4.78 is 0. The number of nitro groups is 1. The number of hydrogen-bond donors (Lipinski definition) is 1. The van der Waals surface area contributed by atoms with Crippen molar-refractivity contribution in [1.29, 1.82) is 0 Å². The van der Waals surface area contributed by atoms with Gasteiger partial charge in [0.25, 0.3) is 5.69 Å². The standard InChI is InChI=1S/C19H21N3O4/c1-13-3-6-16(7-4-13)20-9-10-21(14(2)12-20)17-8-5-15(19(23)24)11-18(17)22(25)26/h3-8,11,14H,9-10,12H2,1-2H3,(H,23,24). The molecule has 1 aliphatic heterocycles. The highest BCUT2D eigenvalue weighted by atomic mass is 16.6. The van der Waals surface area contributed by atoms with Gasteiger partial charge in [-0.2, -0.15) is 0 Å². The number of nitrogens with zero attached hydrogens (tertiary/aromatic N) is 3. The summed E-state index contributed by atoms with van der Waals surface area (Å²) in [4.78, 5) is 26.3. The molecule has 1 fully saturated rings. The quantitative estimate of drug-likeness (QED) is 0.669. The first-order valence-corrected chi connectivity index (χ1v) is 8.47. The number of carboxylic acid groups (broad SMARTS) is 1. The van der Waals surface area contributed by atoms with Gasteiger partial charge >= 0.3 is 5.97 Å². The predicted octanol–water partition coefficient (Wildman–Crippen LogP) is 3.32. The van der Waals surface area contributed by atoms with Crippen LogP contribution in [0.2, 0.25) is 0 Å². The lowest BCUT2D eigenvalue weighted by atomic mass is 10.1. The van der Waals surface area contributed by atoms with Crippen LogP contribution in [-0.2, 0) is 0 Å². The molecule has 1 N–H and O–H groups in total. The van der Waals surface area contributed by atoms with Gasteiger partial charge in [0.15, 0.2) is 0 Å². The lowest BCUT2D eigenvalue weighted by Crippen LogP contribution is -2.52. The van der Waals surface area contributed by atoms with Crippen molar-refractivity contribution in [3.05, 3.63) is 63.7 Å². The van der Waals surface area contributed by atoms with Crippen molar-refractivity contribution in [3.8, 4) is 0 Å². The molecule has 2 aromatic rings. The Morgan fingerprint density at radius 1 is 1.19 bits per heavy atom. The maximum Gasteiger partial charge on any atom is 0.335 e. The number of benzene rings is 2. The van der Waals surface area contributed by atoms with Crippen molar-refractivity contribution >= 4 is 23.0 Å². The topological polar surface area (TPSA) is 86.9 Å². The van der Waals surface area contributed by atoms with E-state index in [0.29, 0.717) is 12.2 Å². The van der Waals surface area contributed by atoms with Crippen molar-refractivity contribution in [3.63, 3.8) is 0 Å². The number of piperazine rings is 1. The monoisotopic (exact) mass is 355 g/mol. The van der Waals surface area contributed by atoms with Crippen LogP contribution in [0.5, 0.6) is 0 Å². The minimum atomic E-state index is -1.17. The third-order valence-electron chi connectivity index (χ3n) is 4.76. The van der Waals surface area contributed by atoms with Crippen LogP contribution in [0.25, 0.3) is 0 Å². The Bertz CT molecular complexity index is 835. The van der Waals surface area contributed by atoms with E-state index in [1.807, 2.05) is 18.7 Å². The highest BCUT2D eigenvalue weighted by molar-refractivity contribution is 5.90. The van der Waals surface area contributed by atoms with Crippen molar-refractivity contribution in [2.24, 2.45) is 0 Å². The van der Waals surface area contributed by atoms with Crippen LogP contribution in [0.3, 0.4) is 0 Å². The van der Waals surface area contributed by atoms with Gasteiger partial charge in [-0.05, 0) is 38.1 Å². The fraction of sp³-hybridized carbons (Fsp3) is 0.316. The Balaban J connectivity index is 1.84. The van der Waals surface area contributed by atoms with E-state index < -0.39 is 10.9 Å². The Morgan fingerprint density at radius 2 is 1.88 bits per heavy atom. The molecule has 1 atom stereocenters. The Morgan fingerprint density at radius 3 is 2.46 bits per heavy atom. The highest BCUT2D eigenvalue weighted by Crippen LogP contribution is 2.32. The van der Waals surface area contributed by atoms with Gasteiger partial charge in [0.05, 0.1) is 10.5 Å². The van der Waals surface area contributed by atoms with E-state index in [4.69, 9.17) is 5.11 Å². The molecular weight excluding hydrogens is 334 g/mol. The number of aromatic carboxylic acids is 1. The zero-order valence-corrected chi connectivity index (χ0v) is 14.8. The van der Waals surface area contributed by atoms with E-state index in [9.17, 15) is 14.9 Å². The molecule has 0 bridgehead atoms. The van der Waals surface area contributed by atoms with Crippen molar-refractivity contribution < 1.29 is 14.8 Å². The molecule has 1 aliphatic rings. The van der Waals surface area contributed by atoms with Gasteiger partial charge in [-0.3, -0.25) is 10.1 Å². The van der Waals surface area contributed by atoms with Gasteiger partial charge in [0.1, 0.15) is 5.69 Å². The minimum absolute atomic E-state index is 0.0550. The van der Waals surface area contributed by atoms with Gasteiger partial charge < -0.3 is 14.9 Å². The molecule has 0 radical (unpaired) electrons. The van der Waals surface area contributed by atoms with Gasteiger partial charge in [0.2, 0.25) is 0 Å². The van der Waals surface area contributed by atoms with Crippen LogP contribution in [0.1, 0.15) is 22.8 Å². The van der Waals surface area contributed by atoms with E-state index in [2.05, 4.69) is 29.2 Å². The summed E-state index contributed by atoms with van der Waals surface area (Å²) in [6, 6.07) is 12.5. The lowest BCUT2D eigenvalue weighted by molar-refractivity contribution is -0.384. The predicted molar refractivity (Wildman–Crippen MR) is 100 cm³/mol. The smallest absolute Gasteiger partial charge is 0.335 e. The van der Waals surface area contributed by atoms with E-state index in [1.54, 1.807) is 6.07 Å². The number of anilines is 2. The number of hydrogen-bond acceptors (Lipinski definition) is 5. The number of aryl methyl sites for hydroxylation is 1. The maximum absolute atomic E-state index is 11.4. The third-order valence-corrected chi connectivity index (χ3v) is 4.76. The van der Waals surface area contributed by atoms with Crippen molar-refractivity contribution in [2.45, 2.75) is 19.9 Å². The maximum atomic E-state index is 11.4. The SMILES string of the molecule is Cc1ccc(N2CCN(c3ccc(C(=O)O)cc3[N+](=O)[O-])C(C)C2)cc1. The second-order valence-electron chi connectivity index (χ2n) is 6.59. The second kappa shape index (κ2) is 7.03. The molecule has 1 unspecified atom stereocenters. The number of nitro benzene ring substituents is 1. The van der Waals surface area contributed by atoms with E-state index in [-0.39, 0.29) is 17.3 Å². The Labute approximate surface area is 151 Å². The lowest BCUT2D eigenvalue weighted by Gasteiger charge is -2.42. The van der Waals surface area contributed by atoms with Crippen LogP contribution in [0.15, 0.2) is 42.5 Å². The van der Waals surface area contributed by atoms with Crippen LogP contribution in [0.4, 0.5) is 17.1 Å². The summed E-state index contributed by atoms with van der Waals surface area (Å²) >= 11 is 0. The first kappa shape index (κ1) is 17.7. The van der Waals surface area contributed by atoms with Crippen LogP contribution in [0, 0.1) is 17.0 Å². The zero-order valence-electron chi connectivity index (χ0n) is 14.8. The molecule has 1 heterocycles. The van der Waals surface area contributed by atoms with Crippen LogP contribution >= 0.6 is 0 Å². The number of rotatable bonds is 4. The summed E-state index contributed by atoms with van der Waals surface area (Å²) in [6.07, 6.45) is 0. The van der Waals surface area contributed by atoms with Crippen LogP contribution in [-0.4, -0.2) is 41.7 Å². The van der Waals surface area contributed by atoms with Gasteiger partial charge in [-0.15, -0.1) is 0 Å². The average molecular weight is 355 g/mol. The molecule has 26 heavy (non-hydrogen) atoms. The summed E-state index contributed by atoms with van der Waals surface area (Å²) in [5.41, 5.74) is 2.57. The normalized spacial score (nSPS) is 17.2. The largest absolute Gasteiger partial charge is 0.478 e. The van der Waals surface area contributed by atoms with Crippen LogP contribution < -0.4 is 9.80 Å². The fourth-order valence-electron chi connectivity index (χ4n) is 3.35. The molecule has 136 valence electrons.